The topological polar surface area (TPSA) is 106 Å². The molecule has 0 bridgehead atoms. The second kappa shape index (κ2) is 8.22. The first-order chi connectivity index (χ1) is 13.6. The molecule has 1 fully saturated rings. The van der Waals surface area contributed by atoms with Crippen LogP contribution in [0.3, 0.4) is 0 Å². The third-order valence-corrected chi connectivity index (χ3v) is 6.41. The lowest BCUT2D eigenvalue weighted by molar-refractivity contribution is -0.116. The maximum absolute atomic E-state index is 12.6. The van der Waals surface area contributed by atoms with E-state index in [0.717, 1.165) is 23.5 Å². The Morgan fingerprint density at radius 2 is 2.18 bits per heavy atom. The number of aryl methyl sites for hydroxylation is 1. The van der Waals surface area contributed by atoms with E-state index in [2.05, 4.69) is 25.5 Å². The largest absolute Gasteiger partial charge is 0.292 e. The van der Waals surface area contributed by atoms with E-state index < -0.39 is 0 Å². The number of thiophene rings is 1. The number of nitrogens with zero attached hydrogens (tertiary/aromatic N) is 4. The van der Waals surface area contributed by atoms with Gasteiger partial charge in [-0.25, -0.2) is 4.98 Å². The molecule has 28 heavy (non-hydrogen) atoms. The number of amides is 1. The lowest BCUT2D eigenvalue weighted by Gasteiger charge is -2.19. The van der Waals surface area contributed by atoms with Crippen molar-refractivity contribution in [2.24, 2.45) is 5.92 Å². The Morgan fingerprint density at radius 3 is 2.96 bits per heavy atom. The zero-order chi connectivity index (χ0) is 19.5. The van der Waals surface area contributed by atoms with Gasteiger partial charge in [-0.15, -0.1) is 16.4 Å². The summed E-state index contributed by atoms with van der Waals surface area (Å²) in [5, 5.41) is 10.2. The normalized spacial score (nSPS) is 15.2. The molecule has 0 atom stereocenters. The molecule has 0 saturated heterocycles. The van der Waals surface area contributed by atoms with Gasteiger partial charge < -0.3 is 0 Å². The maximum atomic E-state index is 12.6. The molecule has 1 aliphatic carbocycles. The van der Waals surface area contributed by atoms with E-state index in [1.807, 2.05) is 13.0 Å². The number of rotatable bonds is 6. The molecule has 0 spiro atoms. The number of H-pyrrole nitrogens is 1. The Labute approximate surface area is 166 Å². The highest BCUT2D eigenvalue weighted by Gasteiger charge is 2.17. The molecule has 0 aliphatic heterocycles. The van der Waals surface area contributed by atoms with Crippen LogP contribution in [0.15, 0.2) is 17.2 Å². The highest BCUT2D eigenvalue weighted by atomic mass is 32.1. The number of hydrogen-bond donors (Lipinski definition) is 2. The summed E-state index contributed by atoms with van der Waals surface area (Å²) >= 11 is 1.51. The van der Waals surface area contributed by atoms with Crippen LogP contribution in [0.4, 0.5) is 5.95 Å². The molecule has 0 radical (unpaired) electrons. The standard InChI is InChI=1S/C19H24N6O2S/c1-2-13-9-14-17(28-13)20-11-25(18(14)27)10-16(26)22-19-21-15(23-24-19)8-12-6-4-3-5-7-12/h9,11-12H,2-8,10H2,1H3,(H2,21,22,23,24,26). The summed E-state index contributed by atoms with van der Waals surface area (Å²) in [7, 11) is 0. The van der Waals surface area contributed by atoms with Crippen molar-refractivity contribution in [1.29, 1.82) is 0 Å². The predicted molar refractivity (Wildman–Crippen MR) is 109 cm³/mol. The van der Waals surface area contributed by atoms with Crippen LogP contribution in [0.1, 0.15) is 49.7 Å². The number of anilines is 1. The van der Waals surface area contributed by atoms with E-state index in [4.69, 9.17) is 0 Å². The van der Waals surface area contributed by atoms with Crippen LogP contribution < -0.4 is 10.9 Å². The molecule has 0 unspecified atom stereocenters. The van der Waals surface area contributed by atoms with Crippen molar-refractivity contribution < 1.29 is 4.79 Å². The van der Waals surface area contributed by atoms with Gasteiger partial charge in [0.05, 0.1) is 11.7 Å². The van der Waals surface area contributed by atoms with E-state index in [0.29, 0.717) is 16.1 Å². The van der Waals surface area contributed by atoms with Crippen molar-refractivity contribution in [2.75, 3.05) is 5.32 Å². The fourth-order valence-corrected chi connectivity index (χ4v) is 4.65. The first-order valence-corrected chi connectivity index (χ1v) is 10.6. The lowest BCUT2D eigenvalue weighted by atomic mass is 9.87. The minimum absolute atomic E-state index is 0.119. The van der Waals surface area contributed by atoms with Gasteiger partial charge in [0, 0.05) is 11.3 Å². The second-order valence-corrected chi connectivity index (χ2v) is 8.44. The van der Waals surface area contributed by atoms with E-state index in [1.54, 1.807) is 0 Å². The van der Waals surface area contributed by atoms with Gasteiger partial charge in [0.2, 0.25) is 11.9 Å². The average molecular weight is 401 g/mol. The third kappa shape index (κ3) is 4.14. The van der Waals surface area contributed by atoms with E-state index in [9.17, 15) is 9.59 Å². The number of carbonyl (C=O) groups excluding carboxylic acids is 1. The van der Waals surface area contributed by atoms with Crippen molar-refractivity contribution >= 4 is 33.4 Å². The van der Waals surface area contributed by atoms with Gasteiger partial charge in [-0.3, -0.25) is 24.6 Å². The number of fused-ring (bicyclic) bond motifs is 1. The third-order valence-electron chi connectivity index (χ3n) is 5.22. The van der Waals surface area contributed by atoms with Crippen LogP contribution >= 0.6 is 11.3 Å². The fraction of sp³-hybridized carbons (Fsp3) is 0.526. The first kappa shape index (κ1) is 18.8. The monoisotopic (exact) mass is 400 g/mol. The maximum Gasteiger partial charge on any atom is 0.262 e. The molecular formula is C19H24N6O2S. The Kier molecular flexibility index (Phi) is 5.52. The molecule has 3 heterocycles. The molecule has 8 nitrogen and oxygen atoms in total. The van der Waals surface area contributed by atoms with Crippen molar-refractivity contribution in [3.63, 3.8) is 0 Å². The molecule has 4 rings (SSSR count). The van der Waals surface area contributed by atoms with Gasteiger partial charge in [0.25, 0.3) is 5.56 Å². The second-order valence-electron chi connectivity index (χ2n) is 7.32. The molecule has 0 aromatic carbocycles. The molecule has 148 valence electrons. The molecule has 1 saturated carbocycles. The average Bonchev–Trinajstić information content (AvgIpc) is 3.32. The molecule has 2 N–H and O–H groups in total. The van der Waals surface area contributed by atoms with Crippen LogP contribution in [0, 0.1) is 5.92 Å². The lowest BCUT2D eigenvalue weighted by Crippen LogP contribution is -2.27. The number of hydrogen-bond acceptors (Lipinski definition) is 6. The number of aromatic amines is 1. The molecule has 1 amide bonds. The summed E-state index contributed by atoms with van der Waals surface area (Å²) in [5.41, 5.74) is -0.205. The number of carbonyl (C=O) groups is 1. The highest BCUT2D eigenvalue weighted by Crippen LogP contribution is 2.26. The van der Waals surface area contributed by atoms with Gasteiger partial charge in [0.15, 0.2) is 0 Å². The summed E-state index contributed by atoms with van der Waals surface area (Å²) < 4.78 is 1.32. The SMILES string of the molecule is CCc1cc2c(=O)n(CC(=O)Nc3n[nH]c(CC4CCCCC4)n3)cnc2s1. The van der Waals surface area contributed by atoms with Gasteiger partial charge in [-0.05, 0) is 18.4 Å². The van der Waals surface area contributed by atoms with Gasteiger partial charge in [0.1, 0.15) is 17.2 Å². The Morgan fingerprint density at radius 1 is 1.36 bits per heavy atom. The summed E-state index contributed by atoms with van der Waals surface area (Å²) in [5.74, 6) is 1.34. The summed E-state index contributed by atoms with van der Waals surface area (Å²) in [4.78, 5) is 35.4. The van der Waals surface area contributed by atoms with E-state index in [-0.39, 0.29) is 24.0 Å². The van der Waals surface area contributed by atoms with Crippen LogP contribution in [0.25, 0.3) is 10.2 Å². The quantitative estimate of drug-likeness (QED) is 0.662. The zero-order valence-corrected chi connectivity index (χ0v) is 16.7. The molecular weight excluding hydrogens is 376 g/mol. The fourth-order valence-electron chi connectivity index (χ4n) is 3.72. The molecule has 3 aromatic heterocycles. The van der Waals surface area contributed by atoms with Crippen molar-refractivity contribution in [1.82, 2.24) is 24.7 Å². The van der Waals surface area contributed by atoms with Gasteiger partial charge in [-0.1, -0.05) is 39.0 Å². The van der Waals surface area contributed by atoms with E-state index in [1.165, 1.54) is 54.3 Å². The van der Waals surface area contributed by atoms with Crippen molar-refractivity contribution in [2.45, 2.75) is 58.4 Å². The highest BCUT2D eigenvalue weighted by molar-refractivity contribution is 7.18. The Bertz CT molecular complexity index is 1030. The van der Waals surface area contributed by atoms with Crippen LogP contribution in [-0.2, 0) is 24.2 Å². The molecule has 9 heteroatoms. The number of nitrogens with one attached hydrogen (secondary N) is 2. The zero-order valence-electron chi connectivity index (χ0n) is 15.9. The first-order valence-electron chi connectivity index (χ1n) is 9.81. The molecule has 3 aromatic rings. The van der Waals surface area contributed by atoms with Crippen molar-refractivity contribution in [3.05, 3.63) is 33.4 Å². The van der Waals surface area contributed by atoms with Gasteiger partial charge in [-0.2, -0.15) is 4.98 Å². The van der Waals surface area contributed by atoms with Crippen LogP contribution in [0.2, 0.25) is 0 Å². The summed E-state index contributed by atoms with van der Waals surface area (Å²) in [6.07, 6.45) is 9.47. The number of aromatic nitrogens is 5. The predicted octanol–water partition coefficient (Wildman–Crippen LogP) is 2.90. The van der Waals surface area contributed by atoms with Gasteiger partial charge >= 0.3 is 0 Å². The molecule has 1 aliphatic rings. The smallest absolute Gasteiger partial charge is 0.262 e. The summed E-state index contributed by atoms with van der Waals surface area (Å²) in [6.45, 7) is 1.92. The minimum Gasteiger partial charge on any atom is -0.292 e. The van der Waals surface area contributed by atoms with Crippen molar-refractivity contribution in [3.8, 4) is 0 Å². The van der Waals surface area contributed by atoms with Crippen LogP contribution in [0.5, 0.6) is 0 Å². The summed E-state index contributed by atoms with van der Waals surface area (Å²) in [6, 6.07) is 1.86. The Balaban J connectivity index is 1.40. The van der Waals surface area contributed by atoms with E-state index >= 15 is 0 Å². The minimum atomic E-state index is -0.350. The Hall–Kier alpha value is -2.55. The van der Waals surface area contributed by atoms with Crippen LogP contribution in [-0.4, -0.2) is 30.6 Å².